The Bertz CT molecular complexity index is 1350. The Labute approximate surface area is 186 Å². The van der Waals surface area contributed by atoms with Gasteiger partial charge in [0.05, 0.1) is 17.8 Å². The van der Waals surface area contributed by atoms with Crippen LogP contribution in [-0.4, -0.2) is 32.7 Å². The van der Waals surface area contributed by atoms with E-state index in [0.717, 1.165) is 15.6 Å². The molecule has 0 saturated heterocycles. The zero-order valence-corrected chi connectivity index (χ0v) is 18.6. The first kappa shape index (κ1) is 21.3. The number of halogens is 2. The molecule has 0 fully saturated rings. The van der Waals surface area contributed by atoms with E-state index in [1.165, 1.54) is 44.5 Å². The molecule has 31 heavy (non-hydrogen) atoms. The number of hydrogen-bond acceptors (Lipinski definition) is 7. The Morgan fingerprint density at radius 3 is 2.71 bits per heavy atom. The topological polar surface area (TPSA) is 85.5 Å². The molecule has 0 amide bonds. The molecule has 0 spiro atoms. The average Bonchev–Trinajstić information content (AvgIpc) is 3.43. The van der Waals surface area contributed by atoms with Gasteiger partial charge in [0.1, 0.15) is 21.3 Å². The van der Waals surface area contributed by atoms with Gasteiger partial charge < -0.3 is 9.26 Å². The van der Waals surface area contributed by atoms with Gasteiger partial charge in [-0.1, -0.05) is 28.9 Å². The molecule has 0 aliphatic carbocycles. The molecule has 2 aromatic carbocycles. The molecular weight excluding hydrogens is 465 g/mol. The van der Waals surface area contributed by atoms with Gasteiger partial charge in [-0.25, -0.2) is 12.8 Å². The van der Waals surface area contributed by atoms with Gasteiger partial charge in [0.15, 0.2) is 0 Å². The Balaban J connectivity index is 1.70. The highest BCUT2D eigenvalue weighted by Crippen LogP contribution is 2.37. The zero-order chi connectivity index (χ0) is 22.2. The Morgan fingerprint density at radius 2 is 2.00 bits per heavy atom. The van der Waals surface area contributed by atoms with Crippen LogP contribution in [0.4, 0.5) is 10.1 Å². The SMILES string of the molecule is COc1ccc(N(C)S(=O)(=O)c2ccsc2-c2nc(-c3cccc(F)c3)no2)cc1Cl. The van der Waals surface area contributed by atoms with Crippen LogP contribution < -0.4 is 9.04 Å². The normalized spacial score (nSPS) is 11.5. The second-order valence-corrected chi connectivity index (χ2v) is 9.60. The van der Waals surface area contributed by atoms with E-state index in [4.69, 9.17) is 20.9 Å². The number of rotatable bonds is 6. The number of ether oxygens (including phenoxy) is 1. The number of sulfonamides is 1. The molecule has 0 aliphatic heterocycles. The van der Waals surface area contributed by atoms with Gasteiger partial charge in [-0.05, 0) is 41.8 Å². The smallest absolute Gasteiger partial charge is 0.269 e. The average molecular weight is 480 g/mol. The summed E-state index contributed by atoms with van der Waals surface area (Å²) in [7, 11) is -1.08. The Kier molecular flexibility index (Phi) is 5.69. The molecule has 2 heterocycles. The fourth-order valence-electron chi connectivity index (χ4n) is 2.85. The van der Waals surface area contributed by atoms with Gasteiger partial charge in [-0.2, -0.15) is 4.98 Å². The third-order valence-corrected chi connectivity index (χ3v) is 7.62. The number of anilines is 1. The van der Waals surface area contributed by atoms with E-state index in [-0.39, 0.29) is 26.5 Å². The molecule has 7 nitrogen and oxygen atoms in total. The highest BCUT2D eigenvalue weighted by Gasteiger charge is 2.29. The summed E-state index contributed by atoms with van der Waals surface area (Å²) >= 11 is 7.28. The quantitative estimate of drug-likeness (QED) is 0.383. The van der Waals surface area contributed by atoms with Crippen molar-refractivity contribution in [2.24, 2.45) is 0 Å². The van der Waals surface area contributed by atoms with Gasteiger partial charge >= 0.3 is 0 Å². The first-order chi connectivity index (χ1) is 14.8. The Hall–Kier alpha value is -2.95. The monoisotopic (exact) mass is 479 g/mol. The van der Waals surface area contributed by atoms with Gasteiger partial charge in [0, 0.05) is 12.6 Å². The van der Waals surface area contributed by atoms with Crippen LogP contribution in [0.25, 0.3) is 22.2 Å². The van der Waals surface area contributed by atoms with Crippen LogP contribution in [0.1, 0.15) is 0 Å². The molecule has 0 bridgehead atoms. The lowest BCUT2D eigenvalue weighted by Crippen LogP contribution is -2.26. The largest absolute Gasteiger partial charge is 0.495 e. The molecular formula is C20H15ClFN3O4S2. The molecule has 0 aliphatic rings. The minimum Gasteiger partial charge on any atom is -0.495 e. The lowest BCUT2D eigenvalue weighted by molar-refractivity contribution is 0.415. The van der Waals surface area contributed by atoms with Crippen LogP contribution in [-0.2, 0) is 10.0 Å². The van der Waals surface area contributed by atoms with E-state index in [0.29, 0.717) is 17.0 Å². The molecule has 4 aromatic rings. The van der Waals surface area contributed by atoms with Gasteiger partial charge in [0.2, 0.25) is 5.82 Å². The summed E-state index contributed by atoms with van der Waals surface area (Å²) in [6, 6.07) is 11.9. The summed E-state index contributed by atoms with van der Waals surface area (Å²) in [6.07, 6.45) is 0. The summed E-state index contributed by atoms with van der Waals surface area (Å²) in [5.74, 6) is 0.168. The number of benzene rings is 2. The van der Waals surface area contributed by atoms with Crippen LogP contribution in [0.15, 0.2) is 63.3 Å². The van der Waals surface area contributed by atoms with Crippen LogP contribution in [0.3, 0.4) is 0 Å². The maximum absolute atomic E-state index is 13.5. The molecule has 0 radical (unpaired) electrons. The summed E-state index contributed by atoms with van der Waals surface area (Å²) in [5, 5.41) is 5.75. The van der Waals surface area contributed by atoms with Gasteiger partial charge in [-0.3, -0.25) is 4.31 Å². The minimum absolute atomic E-state index is 0.00128. The van der Waals surface area contributed by atoms with Gasteiger partial charge in [0.25, 0.3) is 15.9 Å². The maximum atomic E-state index is 13.5. The van der Waals surface area contributed by atoms with Crippen molar-refractivity contribution in [3.8, 4) is 27.9 Å². The standard InChI is InChI=1S/C20H15ClFN3O4S2/c1-25(14-6-7-16(28-2)15(21)11-14)31(26,27)17-8-9-30-18(17)20-23-19(24-29-20)12-4-3-5-13(22)10-12/h3-11H,1-2H3. The second-order valence-electron chi connectivity index (χ2n) is 6.34. The van der Waals surface area contributed by atoms with Crippen LogP contribution in [0.2, 0.25) is 5.02 Å². The number of thiophene rings is 1. The van der Waals surface area contributed by atoms with E-state index >= 15 is 0 Å². The first-order valence-electron chi connectivity index (χ1n) is 8.81. The number of methoxy groups -OCH3 is 1. The molecule has 160 valence electrons. The van der Waals surface area contributed by atoms with Crippen molar-refractivity contribution in [3.05, 3.63) is 64.8 Å². The van der Waals surface area contributed by atoms with Gasteiger partial charge in [-0.15, -0.1) is 11.3 Å². The summed E-state index contributed by atoms with van der Waals surface area (Å²) in [4.78, 5) is 4.53. The van der Waals surface area contributed by atoms with Crippen molar-refractivity contribution in [3.63, 3.8) is 0 Å². The summed E-state index contributed by atoms with van der Waals surface area (Å²) in [6.45, 7) is 0. The molecule has 4 rings (SSSR count). The number of nitrogens with zero attached hydrogens (tertiary/aromatic N) is 3. The molecule has 0 atom stereocenters. The van der Waals surface area contributed by atoms with Crippen molar-refractivity contribution in [2.75, 3.05) is 18.5 Å². The molecule has 2 aromatic heterocycles. The highest BCUT2D eigenvalue weighted by atomic mass is 35.5. The third-order valence-electron chi connectivity index (χ3n) is 4.47. The van der Waals surface area contributed by atoms with Crippen molar-refractivity contribution in [2.45, 2.75) is 4.90 Å². The van der Waals surface area contributed by atoms with Crippen LogP contribution >= 0.6 is 22.9 Å². The summed E-state index contributed by atoms with van der Waals surface area (Å²) in [5.41, 5.74) is 0.773. The minimum atomic E-state index is -3.97. The predicted molar refractivity (Wildman–Crippen MR) is 117 cm³/mol. The number of hydrogen-bond donors (Lipinski definition) is 0. The molecule has 0 N–H and O–H groups in total. The zero-order valence-electron chi connectivity index (χ0n) is 16.2. The Morgan fingerprint density at radius 1 is 1.19 bits per heavy atom. The maximum Gasteiger partial charge on any atom is 0.269 e. The molecule has 0 unspecified atom stereocenters. The third kappa shape index (κ3) is 4.01. The van der Waals surface area contributed by atoms with Crippen molar-refractivity contribution in [1.29, 1.82) is 0 Å². The predicted octanol–water partition coefficient (Wildman–Crippen LogP) is 5.09. The van der Waals surface area contributed by atoms with Crippen molar-refractivity contribution >= 4 is 38.6 Å². The molecule has 11 heteroatoms. The van der Waals surface area contributed by atoms with Crippen molar-refractivity contribution < 1.29 is 22.1 Å². The highest BCUT2D eigenvalue weighted by molar-refractivity contribution is 7.93. The lowest BCUT2D eigenvalue weighted by atomic mass is 10.2. The van der Waals surface area contributed by atoms with Crippen molar-refractivity contribution in [1.82, 2.24) is 10.1 Å². The van der Waals surface area contributed by atoms with E-state index in [1.807, 2.05) is 0 Å². The van der Waals surface area contributed by atoms with Crippen LogP contribution in [0.5, 0.6) is 5.75 Å². The lowest BCUT2D eigenvalue weighted by Gasteiger charge is -2.20. The fraction of sp³-hybridized carbons (Fsp3) is 0.100. The van der Waals surface area contributed by atoms with E-state index in [1.54, 1.807) is 23.6 Å². The number of aromatic nitrogens is 2. The van der Waals surface area contributed by atoms with Crippen LogP contribution in [0, 0.1) is 5.82 Å². The molecule has 0 saturated carbocycles. The first-order valence-corrected chi connectivity index (χ1v) is 11.5. The van der Waals surface area contributed by atoms with E-state index < -0.39 is 15.8 Å². The second kappa shape index (κ2) is 8.29. The van der Waals surface area contributed by atoms with E-state index in [9.17, 15) is 12.8 Å². The fourth-order valence-corrected chi connectivity index (χ4v) is 5.61. The van der Waals surface area contributed by atoms with E-state index in [2.05, 4.69) is 10.1 Å². The summed E-state index contributed by atoms with van der Waals surface area (Å²) < 4.78 is 51.6.